The average molecular weight is 544 g/mol. The third-order valence-electron chi connectivity index (χ3n) is 4.70. The van der Waals surface area contributed by atoms with Crippen molar-refractivity contribution in [2.24, 2.45) is 0 Å². The van der Waals surface area contributed by atoms with Crippen molar-refractivity contribution < 1.29 is 28.5 Å². The molecule has 34 heavy (non-hydrogen) atoms. The zero-order valence-corrected chi connectivity index (χ0v) is 21.0. The van der Waals surface area contributed by atoms with Crippen LogP contribution in [-0.4, -0.2) is 26.2 Å². The first-order chi connectivity index (χ1) is 16.3. The van der Waals surface area contributed by atoms with Crippen LogP contribution >= 0.6 is 46.4 Å². The lowest BCUT2D eigenvalue weighted by Gasteiger charge is -2.13. The van der Waals surface area contributed by atoms with Gasteiger partial charge >= 0.3 is 11.9 Å². The second kappa shape index (κ2) is 11.7. The molecule has 178 valence electrons. The van der Waals surface area contributed by atoms with Gasteiger partial charge in [-0.1, -0.05) is 70.7 Å². The molecule has 0 aromatic heterocycles. The van der Waals surface area contributed by atoms with Crippen LogP contribution in [0, 0.1) is 0 Å². The van der Waals surface area contributed by atoms with Crippen molar-refractivity contribution in [1.29, 1.82) is 0 Å². The van der Waals surface area contributed by atoms with Crippen LogP contribution < -0.4 is 9.47 Å². The summed E-state index contributed by atoms with van der Waals surface area (Å²) in [4.78, 5) is 25.0. The van der Waals surface area contributed by atoms with E-state index in [9.17, 15) is 9.59 Å². The molecule has 0 atom stereocenters. The Morgan fingerprint density at radius 1 is 0.588 bits per heavy atom. The molecule has 3 aromatic carbocycles. The second-order valence-electron chi connectivity index (χ2n) is 6.84. The molecule has 0 aliphatic carbocycles. The molecule has 0 aliphatic heterocycles. The van der Waals surface area contributed by atoms with E-state index in [4.69, 9.17) is 65.4 Å². The number of esters is 2. The molecule has 0 bridgehead atoms. The van der Waals surface area contributed by atoms with Gasteiger partial charge in [-0.25, -0.2) is 9.59 Å². The smallest absolute Gasteiger partial charge is 0.343 e. The molecule has 0 aliphatic rings. The number of carbonyl (C=O) groups excluding carboxylic acids is 2. The van der Waals surface area contributed by atoms with Crippen LogP contribution in [0.5, 0.6) is 11.5 Å². The van der Waals surface area contributed by atoms with Crippen LogP contribution in [0.15, 0.2) is 48.5 Å². The summed E-state index contributed by atoms with van der Waals surface area (Å²) < 4.78 is 21.0. The highest BCUT2D eigenvalue weighted by Crippen LogP contribution is 2.35. The van der Waals surface area contributed by atoms with E-state index in [-0.39, 0.29) is 55.9 Å². The maximum absolute atomic E-state index is 12.5. The van der Waals surface area contributed by atoms with Crippen LogP contribution in [0.4, 0.5) is 0 Å². The first-order valence-corrected chi connectivity index (χ1v) is 11.2. The van der Waals surface area contributed by atoms with Crippen LogP contribution in [-0.2, 0) is 22.7 Å². The van der Waals surface area contributed by atoms with Crippen molar-refractivity contribution in [3.63, 3.8) is 0 Å². The van der Waals surface area contributed by atoms with Crippen LogP contribution in [0.25, 0.3) is 0 Å². The first kappa shape index (κ1) is 26.0. The minimum atomic E-state index is -0.672. The molecule has 0 amide bonds. The van der Waals surface area contributed by atoms with E-state index in [1.54, 1.807) is 24.3 Å². The van der Waals surface area contributed by atoms with Gasteiger partial charge in [0.15, 0.2) is 11.5 Å². The zero-order chi connectivity index (χ0) is 24.8. The standard InChI is InChI=1S/C24H18Cl4O6/c1-31-21-17(27)9-7-15(25)19(21)23(29)33-11-13-3-5-14(6-4-13)12-34-24(30)20-16(26)8-10-18(28)22(20)32-2/h3-10H,11-12H2,1-2H3. The molecule has 0 saturated heterocycles. The van der Waals surface area contributed by atoms with Gasteiger partial charge in [0.1, 0.15) is 24.3 Å². The van der Waals surface area contributed by atoms with E-state index in [1.807, 2.05) is 0 Å². The maximum atomic E-state index is 12.5. The third-order valence-corrected chi connectivity index (χ3v) is 5.92. The average Bonchev–Trinajstić information content (AvgIpc) is 2.83. The van der Waals surface area contributed by atoms with Gasteiger partial charge in [0, 0.05) is 0 Å². The summed E-state index contributed by atoms with van der Waals surface area (Å²) in [6, 6.07) is 13.0. The molecule has 0 fully saturated rings. The number of halogens is 4. The van der Waals surface area contributed by atoms with E-state index in [2.05, 4.69) is 0 Å². The van der Waals surface area contributed by atoms with Crippen molar-refractivity contribution >= 4 is 58.3 Å². The molecular formula is C24H18Cl4O6. The van der Waals surface area contributed by atoms with E-state index in [0.717, 1.165) is 0 Å². The number of rotatable bonds is 8. The van der Waals surface area contributed by atoms with Crippen LogP contribution in [0.2, 0.25) is 20.1 Å². The quantitative estimate of drug-likeness (QED) is 0.284. The molecular weight excluding hydrogens is 526 g/mol. The number of hydrogen-bond acceptors (Lipinski definition) is 6. The Balaban J connectivity index is 1.62. The number of carbonyl (C=O) groups is 2. The highest BCUT2D eigenvalue weighted by molar-refractivity contribution is 6.37. The summed E-state index contributed by atoms with van der Waals surface area (Å²) in [5.41, 5.74) is 1.52. The van der Waals surface area contributed by atoms with Crippen molar-refractivity contribution in [3.8, 4) is 11.5 Å². The summed E-state index contributed by atoms with van der Waals surface area (Å²) in [6.07, 6.45) is 0. The Kier molecular flexibility index (Phi) is 8.91. The molecule has 10 heteroatoms. The molecule has 0 saturated carbocycles. The van der Waals surface area contributed by atoms with E-state index < -0.39 is 11.9 Å². The van der Waals surface area contributed by atoms with E-state index in [0.29, 0.717) is 11.1 Å². The summed E-state index contributed by atoms with van der Waals surface area (Å²) in [6.45, 7) is -0.0273. The normalized spacial score (nSPS) is 10.5. The number of ether oxygens (including phenoxy) is 4. The van der Waals surface area contributed by atoms with Crippen molar-refractivity contribution in [2.45, 2.75) is 13.2 Å². The van der Waals surface area contributed by atoms with Crippen molar-refractivity contribution in [2.75, 3.05) is 14.2 Å². The second-order valence-corrected chi connectivity index (χ2v) is 8.47. The summed E-state index contributed by atoms with van der Waals surface area (Å²) in [5, 5.41) is 0.823. The minimum absolute atomic E-state index is 0.0137. The van der Waals surface area contributed by atoms with Crippen molar-refractivity contribution in [3.05, 3.63) is 90.9 Å². The number of benzene rings is 3. The van der Waals surface area contributed by atoms with Gasteiger partial charge in [-0.2, -0.15) is 0 Å². The van der Waals surface area contributed by atoms with Gasteiger partial charge in [0.05, 0.1) is 34.3 Å². The highest BCUT2D eigenvalue weighted by atomic mass is 35.5. The fourth-order valence-electron chi connectivity index (χ4n) is 3.02. The largest absolute Gasteiger partial charge is 0.494 e. The Hall–Kier alpha value is -2.64. The number of methoxy groups -OCH3 is 2. The lowest BCUT2D eigenvalue weighted by atomic mass is 10.1. The van der Waals surface area contributed by atoms with Crippen LogP contribution in [0.3, 0.4) is 0 Å². The predicted molar refractivity (Wildman–Crippen MR) is 131 cm³/mol. The zero-order valence-electron chi connectivity index (χ0n) is 18.0. The topological polar surface area (TPSA) is 71.1 Å². The van der Waals surface area contributed by atoms with Gasteiger partial charge in [-0.3, -0.25) is 0 Å². The molecule has 0 radical (unpaired) electrons. The predicted octanol–water partition coefficient (Wildman–Crippen LogP) is 7.03. The molecule has 3 aromatic rings. The SMILES string of the molecule is COc1c(Cl)ccc(Cl)c1C(=O)OCc1ccc(COC(=O)c2c(Cl)ccc(Cl)c2OC)cc1. The summed E-state index contributed by atoms with van der Waals surface area (Å²) >= 11 is 24.3. The minimum Gasteiger partial charge on any atom is -0.494 e. The summed E-state index contributed by atoms with van der Waals surface area (Å²) in [5.74, 6) is -1.05. The Bertz CT molecular complexity index is 1120. The third kappa shape index (κ3) is 5.88. The Labute approximate surface area is 216 Å². The molecule has 0 spiro atoms. The van der Waals surface area contributed by atoms with Crippen molar-refractivity contribution in [1.82, 2.24) is 0 Å². The monoisotopic (exact) mass is 542 g/mol. The highest BCUT2D eigenvalue weighted by Gasteiger charge is 2.22. The van der Waals surface area contributed by atoms with Crippen LogP contribution in [0.1, 0.15) is 31.8 Å². The van der Waals surface area contributed by atoms with Gasteiger partial charge < -0.3 is 18.9 Å². The number of hydrogen-bond donors (Lipinski definition) is 0. The lowest BCUT2D eigenvalue weighted by Crippen LogP contribution is -2.09. The maximum Gasteiger partial charge on any atom is 0.343 e. The molecule has 0 heterocycles. The van der Waals surface area contributed by atoms with Gasteiger partial charge in [-0.15, -0.1) is 0 Å². The molecule has 6 nitrogen and oxygen atoms in total. The Morgan fingerprint density at radius 3 is 1.24 bits per heavy atom. The first-order valence-electron chi connectivity index (χ1n) is 9.72. The molecule has 3 rings (SSSR count). The van der Waals surface area contributed by atoms with Gasteiger partial charge in [0.2, 0.25) is 0 Å². The van der Waals surface area contributed by atoms with E-state index >= 15 is 0 Å². The fourth-order valence-corrected chi connectivity index (χ4v) is 3.94. The molecule has 0 unspecified atom stereocenters. The summed E-state index contributed by atoms with van der Waals surface area (Å²) in [7, 11) is 2.77. The lowest BCUT2D eigenvalue weighted by molar-refractivity contribution is 0.0456. The Morgan fingerprint density at radius 2 is 0.912 bits per heavy atom. The van der Waals surface area contributed by atoms with Gasteiger partial charge in [-0.05, 0) is 35.4 Å². The van der Waals surface area contributed by atoms with Gasteiger partial charge in [0.25, 0.3) is 0 Å². The fraction of sp³-hybridized carbons (Fsp3) is 0.167. The molecule has 0 N–H and O–H groups in total. The van der Waals surface area contributed by atoms with E-state index in [1.165, 1.54) is 38.5 Å².